The van der Waals surface area contributed by atoms with E-state index in [4.69, 9.17) is 0 Å². The smallest absolute Gasteiger partial charge is 0.240 e. The van der Waals surface area contributed by atoms with Crippen molar-refractivity contribution in [2.24, 2.45) is 0 Å². The first kappa shape index (κ1) is 16.4. The van der Waals surface area contributed by atoms with E-state index in [2.05, 4.69) is 20.0 Å². The highest BCUT2D eigenvalue weighted by Crippen LogP contribution is 2.19. The molecule has 22 heavy (non-hydrogen) atoms. The second-order valence-electron chi connectivity index (χ2n) is 5.11. The van der Waals surface area contributed by atoms with Crippen LogP contribution in [0.15, 0.2) is 41.4 Å². The second kappa shape index (κ2) is 6.85. The molecule has 7 heteroatoms. The minimum Gasteiger partial charge on any atom is -0.340 e. The van der Waals surface area contributed by atoms with Gasteiger partial charge in [-0.1, -0.05) is 26.8 Å². The van der Waals surface area contributed by atoms with Gasteiger partial charge in [0.05, 0.1) is 4.90 Å². The van der Waals surface area contributed by atoms with Gasteiger partial charge in [-0.15, -0.1) is 0 Å². The molecule has 0 aliphatic heterocycles. The van der Waals surface area contributed by atoms with Gasteiger partial charge in [-0.25, -0.2) is 23.1 Å². The highest BCUT2D eigenvalue weighted by molar-refractivity contribution is 7.89. The van der Waals surface area contributed by atoms with Crippen LogP contribution in [-0.2, 0) is 10.0 Å². The summed E-state index contributed by atoms with van der Waals surface area (Å²) in [6.45, 7) is 6.13. The Balaban J connectivity index is 2.26. The lowest BCUT2D eigenvalue weighted by Crippen LogP contribution is -2.23. The van der Waals surface area contributed by atoms with Crippen LogP contribution in [0, 0.1) is 0 Å². The summed E-state index contributed by atoms with van der Waals surface area (Å²) in [6, 6.07) is 8.37. The van der Waals surface area contributed by atoms with Gasteiger partial charge in [-0.3, -0.25) is 0 Å². The van der Waals surface area contributed by atoms with E-state index in [0.717, 1.165) is 5.82 Å². The number of nitrogens with zero attached hydrogens (tertiary/aromatic N) is 2. The molecule has 1 aromatic carbocycles. The minimum absolute atomic E-state index is 0.220. The van der Waals surface area contributed by atoms with Crippen molar-refractivity contribution >= 4 is 21.5 Å². The van der Waals surface area contributed by atoms with Gasteiger partial charge >= 0.3 is 0 Å². The minimum atomic E-state index is -3.47. The summed E-state index contributed by atoms with van der Waals surface area (Å²) in [6.07, 6.45) is 1.68. The molecule has 0 saturated carbocycles. The summed E-state index contributed by atoms with van der Waals surface area (Å²) in [5.74, 6) is 1.60. The molecule has 2 aromatic rings. The van der Waals surface area contributed by atoms with Crippen molar-refractivity contribution in [1.82, 2.24) is 14.7 Å². The zero-order valence-electron chi connectivity index (χ0n) is 12.9. The zero-order chi connectivity index (χ0) is 16.2. The van der Waals surface area contributed by atoms with E-state index < -0.39 is 10.0 Å². The highest BCUT2D eigenvalue weighted by atomic mass is 32.2. The van der Waals surface area contributed by atoms with E-state index in [-0.39, 0.29) is 10.8 Å². The Bertz CT molecular complexity index is 745. The van der Waals surface area contributed by atoms with Gasteiger partial charge in [0.1, 0.15) is 11.6 Å². The fourth-order valence-corrected chi connectivity index (χ4v) is 2.97. The first-order valence-corrected chi connectivity index (χ1v) is 8.60. The molecule has 2 rings (SSSR count). The molecule has 0 aliphatic carbocycles. The SMILES string of the molecule is CCNS(=O)(=O)c1cccc(Nc2ccnc(C(C)C)n2)c1. The average Bonchev–Trinajstić information content (AvgIpc) is 2.48. The number of benzene rings is 1. The Hall–Kier alpha value is -1.99. The summed E-state index contributed by atoms with van der Waals surface area (Å²) >= 11 is 0. The van der Waals surface area contributed by atoms with Crippen molar-refractivity contribution < 1.29 is 8.42 Å². The van der Waals surface area contributed by atoms with Crippen LogP contribution in [0.2, 0.25) is 0 Å². The molecule has 0 unspecified atom stereocenters. The Morgan fingerprint density at radius 3 is 2.68 bits per heavy atom. The van der Waals surface area contributed by atoms with Crippen LogP contribution in [0.1, 0.15) is 32.5 Å². The molecule has 1 heterocycles. The van der Waals surface area contributed by atoms with Crippen LogP contribution in [-0.4, -0.2) is 24.9 Å². The maximum absolute atomic E-state index is 12.0. The lowest BCUT2D eigenvalue weighted by molar-refractivity contribution is 0.584. The van der Waals surface area contributed by atoms with Gasteiger partial charge in [-0.05, 0) is 24.3 Å². The van der Waals surface area contributed by atoms with Crippen LogP contribution in [0.25, 0.3) is 0 Å². The molecular weight excluding hydrogens is 300 g/mol. The Morgan fingerprint density at radius 1 is 1.23 bits per heavy atom. The predicted octanol–water partition coefficient (Wildman–Crippen LogP) is 2.64. The third-order valence-corrected chi connectivity index (χ3v) is 4.48. The van der Waals surface area contributed by atoms with Crippen molar-refractivity contribution in [3.05, 3.63) is 42.4 Å². The van der Waals surface area contributed by atoms with Gasteiger partial charge in [0.15, 0.2) is 0 Å². The van der Waals surface area contributed by atoms with Crippen LogP contribution in [0.5, 0.6) is 0 Å². The molecule has 0 spiro atoms. The molecule has 1 aromatic heterocycles. The Morgan fingerprint density at radius 2 is 2.00 bits per heavy atom. The second-order valence-corrected chi connectivity index (χ2v) is 6.88. The van der Waals surface area contributed by atoms with E-state index in [0.29, 0.717) is 18.1 Å². The Kier molecular flexibility index (Phi) is 5.10. The first-order chi connectivity index (χ1) is 10.4. The lowest BCUT2D eigenvalue weighted by Gasteiger charge is -2.10. The van der Waals surface area contributed by atoms with Crippen molar-refractivity contribution in [3.63, 3.8) is 0 Å². The first-order valence-electron chi connectivity index (χ1n) is 7.12. The van der Waals surface area contributed by atoms with Crippen molar-refractivity contribution in [2.45, 2.75) is 31.6 Å². The molecule has 118 valence electrons. The fourth-order valence-electron chi connectivity index (χ4n) is 1.88. The molecular formula is C15H20N4O2S. The highest BCUT2D eigenvalue weighted by Gasteiger charge is 2.13. The van der Waals surface area contributed by atoms with Crippen LogP contribution in [0.4, 0.5) is 11.5 Å². The molecule has 0 atom stereocenters. The Labute approximate surface area is 131 Å². The fraction of sp³-hybridized carbons (Fsp3) is 0.333. The summed E-state index contributed by atoms with van der Waals surface area (Å²) < 4.78 is 26.5. The summed E-state index contributed by atoms with van der Waals surface area (Å²) in [7, 11) is -3.47. The third-order valence-electron chi connectivity index (χ3n) is 2.94. The molecule has 0 bridgehead atoms. The molecule has 0 aliphatic rings. The van der Waals surface area contributed by atoms with Crippen LogP contribution >= 0.6 is 0 Å². The molecule has 0 amide bonds. The van der Waals surface area contributed by atoms with Gasteiger partial charge in [0, 0.05) is 24.3 Å². The quantitative estimate of drug-likeness (QED) is 0.855. The summed E-state index contributed by atoms with van der Waals surface area (Å²) in [5, 5.41) is 3.11. The standard InChI is InChI=1S/C15H20N4O2S/c1-4-17-22(20,21)13-7-5-6-12(10-13)18-14-8-9-16-15(19-14)11(2)3/h5-11,17H,4H2,1-3H3,(H,16,18,19). The predicted molar refractivity (Wildman–Crippen MR) is 86.7 cm³/mol. The number of rotatable bonds is 6. The van der Waals surface area contributed by atoms with E-state index in [1.54, 1.807) is 43.5 Å². The van der Waals surface area contributed by atoms with Gasteiger partial charge < -0.3 is 5.32 Å². The van der Waals surface area contributed by atoms with E-state index >= 15 is 0 Å². The largest absolute Gasteiger partial charge is 0.340 e. The summed E-state index contributed by atoms with van der Waals surface area (Å²) in [4.78, 5) is 8.83. The number of sulfonamides is 1. The van der Waals surface area contributed by atoms with Gasteiger partial charge in [0.25, 0.3) is 0 Å². The topological polar surface area (TPSA) is 84.0 Å². The third kappa shape index (κ3) is 4.02. The lowest BCUT2D eigenvalue weighted by atomic mass is 10.2. The molecule has 0 fully saturated rings. The van der Waals surface area contributed by atoms with Gasteiger partial charge in [-0.2, -0.15) is 0 Å². The van der Waals surface area contributed by atoms with E-state index in [1.165, 1.54) is 0 Å². The van der Waals surface area contributed by atoms with E-state index in [1.807, 2.05) is 13.8 Å². The van der Waals surface area contributed by atoms with Crippen molar-refractivity contribution in [3.8, 4) is 0 Å². The summed E-state index contributed by atoms with van der Waals surface area (Å²) in [5.41, 5.74) is 0.660. The molecule has 6 nitrogen and oxygen atoms in total. The maximum atomic E-state index is 12.0. The number of aromatic nitrogens is 2. The van der Waals surface area contributed by atoms with Crippen LogP contribution < -0.4 is 10.0 Å². The monoisotopic (exact) mass is 320 g/mol. The zero-order valence-corrected chi connectivity index (χ0v) is 13.7. The number of hydrogen-bond acceptors (Lipinski definition) is 5. The molecule has 2 N–H and O–H groups in total. The maximum Gasteiger partial charge on any atom is 0.240 e. The number of nitrogens with one attached hydrogen (secondary N) is 2. The van der Waals surface area contributed by atoms with Crippen molar-refractivity contribution in [1.29, 1.82) is 0 Å². The molecule has 0 radical (unpaired) electrons. The normalized spacial score (nSPS) is 11.6. The van der Waals surface area contributed by atoms with Gasteiger partial charge in [0.2, 0.25) is 10.0 Å². The number of hydrogen-bond donors (Lipinski definition) is 2. The number of anilines is 2. The molecule has 0 saturated heterocycles. The van der Waals surface area contributed by atoms with Crippen LogP contribution in [0.3, 0.4) is 0 Å². The van der Waals surface area contributed by atoms with E-state index in [9.17, 15) is 8.42 Å². The van der Waals surface area contributed by atoms with Crippen molar-refractivity contribution in [2.75, 3.05) is 11.9 Å². The average molecular weight is 320 g/mol.